The number of carbonyl (C=O) groups is 1. The highest BCUT2D eigenvalue weighted by molar-refractivity contribution is 5.86. The number of carbonyl (C=O) groups excluding carboxylic acids is 1. The fraction of sp³-hybridized carbons (Fsp3) is 0.464. The Balaban J connectivity index is 1.05. The molecule has 0 spiro atoms. The Morgan fingerprint density at radius 1 is 1.08 bits per heavy atom. The second-order valence-corrected chi connectivity index (χ2v) is 11.0. The van der Waals surface area contributed by atoms with E-state index in [1.165, 1.54) is 18.4 Å². The number of likely N-dealkylation sites (tertiary alicyclic amines) is 1. The third-order valence-corrected chi connectivity index (χ3v) is 8.06. The monoisotopic (exact) mass is 526 g/mol. The lowest BCUT2D eigenvalue weighted by atomic mass is 10.0. The van der Waals surface area contributed by atoms with Gasteiger partial charge in [-0.1, -0.05) is 0 Å². The Labute approximate surface area is 227 Å². The molecule has 3 N–H and O–H groups in total. The molecule has 11 heteroatoms. The first-order valence-corrected chi connectivity index (χ1v) is 14.1. The van der Waals surface area contributed by atoms with Gasteiger partial charge in [-0.2, -0.15) is 10.1 Å². The number of amides is 1. The van der Waals surface area contributed by atoms with E-state index in [4.69, 9.17) is 10.1 Å². The summed E-state index contributed by atoms with van der Waals surface area (Å²) in [7, 11) is 0. The number of pyridine rings is 1. The zero-order valence-corrected chi connectivity index (χ0v) is 22.0. The zero-order chi connectivity index (χ0) is 26.2. The maximum Gasteiger partial charge on any atom is 0.246 e. The van der Waals surface area contributed by atoms with Gasteiger partial charge in [-0.25, -0.2) is 4.52 Å². The van der Waals surface area contributed by atoms with Gasteiger partial charge in [0.15, 0.2) is 11.6 Å². The molecule has 6 heterocycles. The molecule has 2 atom stereocenters. The summed E-state index contributed by atoms with van der Waals surface area (Å²) in [6, 6.07) is 9.97. The lowest BCUT2D eigenvalue weighted by Gasteiger charge is -2.34. The summed E-state index contributed by atoms with van der Waals surface area (Å²) in [5.41, 5.74) is 3.28. The van der Waals surface area contributed by atoms with Crippen LogP contribution in [0.3, 0.4) is 0 Å². The molecule has 0 radical (unpaired) electrons. The first-order valence-electron chi connectivity index (χ1n) is 14.1. The largest absolute Gasteiger partial charge is 0.350 e. The van der Waals surface area contributed by atoms with Crippen molar-refractivity contribution in [3.05, 3.63) is 60.2 Å². The normalized spacial score (nSPS) is 21.9. The zero-order valence-electron chi connectivity index (χ0n) is 22.0. The van der Waals surface area contributed by atoms with E-state index < -0.39 is 0 Å². The molecule has 3 fully saturated rings. The number of piperidine rings is 1. The summed E-state index contributed by atoms with van der Waals surface area (Å²) in [6.45, 7) is 3.52. The first kappa shape index (κ1) is 24.1. The maximum atomic E-state index is 13.6. The average molecular weight is 527 g/mol. The highest BCUT2D eigenvalue weighted by Gasteiger charge is 2.35. The first-order chi connectivity index (χ1) is 19.2. The summed E-state index contributed by atoms with van der Waals surface area (Å²) >= 11 is 0. The molecule has 11 nitrogen and oxygen atoms in total. The number of H-pyrrole nitrogens is 1. The van der Waals surface area contributed by atoms with E-state index in [2.05, 4.69) is 53.8 Å². The molecular formula is C28H34N10O. The van der Waals surface area contributed by atoms with Crippen molar-refractivity contribution in [1.29, 1.82) is 0 Å². The van der Waals surface area contributed by atoms with Crippen LogP contribution >= 0.6 is 0 Å². The van der Waals surface area contributed by atoms with E-state index >= 15 is 0 Å². The molecular weight excluding hydrogens is 492 g/mol. The van der Waals surface area contributed by atoms with E-state index in [-0.39, 0.29) is 18.0 Å². The summed E-state index contributed by atoms with van der Waals surface area (Å²) in [4.78, 5) is 27.0. The fourth-order valence-electron chi connectivity index (χ4n) is 5.90. The number of aromatic nitrogens is 6. The number of anilines is 3. The van der Waals surface area contributed by atoms with Crippen molar-refractivity contribution in [2.24, 2.45) is 0 Å². The summed E-state index contributed by atoms with van der Waals surface area (Å²) in [5, 5.41) is 19.1. The minimum Gasteiger partial charge on any atom is -0.350 e. The number of nitrogens with zero attached hydrogens (tertiary/aromatic N) is 7. The van der Waals surface area contributed by atoms with Crippen LogP contribution in [-0.4, -0.2) is 72.3 Å². The predicted molar refractivity (Wildman–Crippen MR) is 148 cm³/mol. The van der Waals surface area contributed by atoms with Gasteiger partial charge in [0.1, 0.15) is 11.6 Å². The highest BCUT2D eigenvalue weighted by Crippen LogP contribution is 2.39. The minimum atomic E-state index is -0.284. The fourth-order valence-corrected chi connectivity index (χ4v) is 5.90. The minimum absolute atomic E-state index is 0.0651. The topological polar surface area (TPSA) is 119 Å². The van der Waals surface area contributed by atoms with Crippen molar-refractivity contribution in [2.45, 2.75) is 63.1 Å². The average Bonchev–Trinajstić information content (AvgIpc) is 3.31. The molecule has 1 saturated carbocycles. The standard InChI is InChI=1S/C28H34N10O/c39-27(30-21-4-1-13-36(18-21)17-19-9-11-29-12-10-19)24-6-2-14-37(24)28-32-26(23-5-3-15-38(23)35-28)31-25-16-22(33-34-25)20-7-8-20/h3,5,9-12,15-16,20-21,24H,1-2,4,6-8,13-14,17-18H2,(H,30,39)(H2,31,32,33,34,35)/t21-,24+/m1/s1. The Hall–Kier alpha value is -3.99. The van der Waals surface area contributed by atoms with Crippen molar-refractivity contribution in [1.82, 2.24) is 40.0 Å². The van der Waals surface area contributed by atoms with Crippen LogP contribution in [-0.2, 0) is 11.3 Å². The summed E-state index contributed by atoms with van der Waals surface area (Å²) < 4.78 is 1.82. The molecule has 4 aromatic rings. The van der Waals surface area contributed by atoms with Crippen LogP contribution in [0.15, 0.2) is 48.9 Å². The van der Waals surface area contributed by atoms with Crippen molar-refractivity contribution < 1.29 is 4.79 Å². The lowest BCUT2D eigenvalue weighted by molar-refractivity contribution is -0.123. The maximum absolute atomic E-state index is 13.6. The molecule has 7 rings (SSSR count). The van der Waals surface area contributed by atoms with Crippen molar-refractivity contribution in [3.8, 4) is 0 Å². The molecule has 0 aromatic carbocycles. The third kappa shape index (κ3) is 5.18. The van der Waals surface area contributed by atoms with Crippen LogP contribution in [0.25, 0.3) is 5.52 Å². The van der Waals surface area contributed by atoms with E-state index in [1.54, 1.807) is 0 Å². The third-order valence-electron chi connectivity index (χ3n) is 8.06. The summed E-state index contributed by atoms with van der Waals surface area (Å²) in [5.74, 6) is 2.64. The van der Waals surface area contributed by atoms with Gasteiger partial charge in [-0.05, 0) is 74.9 Å². The number of hydrogen-bond donors (Lipinski definition) is 3. The van der Waals surface area contributed by atoms with Crippen LogP contribution in [0.5, 0.6) is 0 Å². The van der Waals surface area contributed by atoms with Crippen molar-refractivity contribution in [2.75, 3.05) is 29.9 Å². The molecule has 4 aromatic heterocycles. The van der Waals surface area contributed by atoms with Crippen LogP contribution in [0.2, 0.25) is 0 Å². The Bertz CT molecular complexity index is 1450. The predicted octanol–water partition coefficient (Wildman–Crippen LogP) is 3.22. The van der Waals surface area contributed by atoms with E-state index in [9.17, 15) is 4.79 Å². The summed E-state index contributed by atoms with van der Waals surface area (Å²) in [6.07, 6.45) is 11.8. The molecule has 1 aliphatic carbocycles. The van der Waals surface area contributed by atoms with Crippen molar-refractivity contribution in [3.63, 3.8) is 0 Å². The SMILES string of the molecule is O=C(N[C@@H]1CCCN(Cc2ccncc2)C1)[C@@H]1CCCN1c1nc(Nc2cc(C3CC3)[nH]n2)c2cccn2n1. The number of nitrogens with one attached hydrogen (secondary N) is 3. The molecule has 0 bridgehead atoms. The Morgan fingerprint density at radius 2 is 1.95 bits per heavy atom. The number of aromatic amines is 1. The van der Waals surface area contributed by atoms with Crippen molar-refractivity contribution >= 4 is 29.0 Å². The van der Waals surface area contributed by atoms with E-state index in [0.717, 1.165) is 68.9 Å². The molecule has 3 aliphatic rings. The van der Waals surface area contributed by atoms with E-state index in [1.807, 2.05) is 35.2 Å². The molecule has 202 valence electrons. The van der Waals surface area contributed by atoms with Crippen LogP contribution in [0, 0.1) is 0 Å². The Kier molecular flexibility index (Phi) is 6.35. The van der Waals surface area contributed by atoms with Crippen LogP contribution in [0.1, 0.15) is 55.7 Å². The van der Waals surface area contributed by atoms with E-state index in [0.29, 0.717) is 17.7 Å². The number of hydrogen-bond acceptors (Lipinski definition) is 8. The lowest BCUT2D eigenvalue weighted by Crippen LogP contribution is -2.52. The second-order valence-electron chi connectivity index (χ2n) is 11.0. The molecule has 2 saturated heterocycles. The molecule has 1 amide bonds. The number of rotatable bonds is 8. The van der Waals surface area contributed by atoms with Gasteiger partial charge in [0, 0.05) is 61.9 Å². The van der Waals surface area contributed by atoms with Crippen LogP contribution < -0.4 is 15.5 Å². The van der Waals surface area contributed by atoms with Crippen LogP contribution in [0.4, 0.5) is 17.6 Å². The van der Waals surface area contributed by atoms with Gasteiger partial charge in [0.25, 0.3) is 0 Å². The highest BCUT2D eigenvalue weighted by atomic mass is 16.2. The van der Waals surface area contributed by atoms with Gasteiger partial charge in [0.05, 0.1) is 0 Å². The smallest absolute Gasteiger partial charge is 0.246 e. The molecule has 0 unspecified atom stereocenters. The quantitative estimate of drug-likeness (QED) is 0.320. The van der Waals surface area contributed by atoms with Gasteiger partial charge < -0.3 is 15.5 Å². The molecule has 39 heavy (non-hydrogen) atoms. The molecule has 2 aliphatic heterocycles. The van der Waals surface area contributed by atoms with Gasteiger partial charge in [0.2, 0.25) is 11.9 Å². The number of fused-ring (bicyclic) bond motifs is 1. The Morgan fingerprint density at radius 3 is 2.82 bits per heavy atom. The second kappa shape index (κ2) is 10.3. The van der Waals surface area contributed by atoms with Gasteiger partial charge in [-0.3, -0.25) is 19.8 Å². The van der Waals surface area contributed by atoms with Gasteiger partial charge in [-0.15, -0.1) is 5.10 Å². The van der Waals surface area contributed by atoms with Gasteiger partial charge >= 0.3 is 0 Å².